The standard InChI is InChI=1S/C15H18FN3O2S.C2H6/c1-11-8-17-6-3-7-19(11)22(20,21)14-5-2-4-12-9-18-10-13(16)15(12)14;1-2/h2,4-5,9-11,17H,3,6-8H2,1H3;1-2H3. The van der Waals surface area contributed by atoms with Crippen molar-refractivity contribution in [3.8, 4) is 0 Å². The lowest BCUT2D eigenvalue weighted by atomic mass is 10.2. The number of pyridine rings is 1. The first-order valence-corrected chi connectivity index (χ1v) is 9.70. The van der Waals surface area contributed by atoms with Gasteiger partial charge >= 0.3 is 0 Å². The maximum Gasteiger partial charge on any atom is 0.244 e. The molecule has 0 bridgehead atoms. The van der Waals surface area contributed by atoms with Crippen molar-refractivity contribution in [2.24, 2.45) is 0 Å². The zero-order chi connectivity index (χ0) is 17.7. The van der Waals surface area contributed by atoms with Crippen LogP contribution in [-0.4, -0.2) is 43.4 Å². The van der Waals surface area contributed by atoms with Gasteiger partial charge in [-0.05, 0) is 26.0 Å². The van der Waals surface area contributed by atoms with Crippen LogP contribution in [0, 0.1) is 5.82 Å². The van der Waals surface area contributed by atoms with E-state index in [1.807, 2.05) is 20.8 Å². The van der Waals surface area contributed by atoms with E-state index in [2.05, 4.69) is 10.3 Å². The summed E-state index contributed by atoms with van der Waals surface area (Å²) in [6, 6.07) is 4.58. The largest absolute Gasteiger partial charge is 0.315 e. The fraction of sp³-hybridized carbons (Fsp3) is 0.471. The third-order valence-electron chi connectivity index (χ3n) is 3.95. The summed E-state index contributed by atoms with van der Waals surface area (Å²) in [6.07, 6.45) is 3.26. The van der Waals surface area contributed by atoms with Gasteiger partial charge in [0.2, 0.25) is 10.0 Å². The number of nitrogens with one attached hydrogen (secondary N) is 1. The Morgan fingerprint density at radius 2 is 2.04 bits per heavy atom. The third-order valence-corrected chi connectivity index (χ3v) is 6.00. The highest BCUT2D eigenvalue weighted by molar-refractivity contribution is 7.89. The number of sulfonamides is 1. The average Bonchev–Trinajstić information content (AvgIpc) is 2.81. The zero-order valence-corrected chi connectivity index (χ0v) is 15.1. The van der Waals surface area contributed by atoms with Gasteiger partial charge in [-0.1, -0.05) is 26.0 Å². The number of halogens is 1. The van der Waals surface area contributed by atoms with Crippen molar-refractivity contribution in [3.05, 3.63) is 36.4 Å². The third kappa shape index (κ3) is 3.58. The summed E-state index contributed by atoms with van der Waals surface area (Å²) in [5.41, 5.74) is 0. The Bertz CT molecular complexity index is 790. The molecule has 1 fully saturated rings. The number of hydrogen-bond acceptors (Lipinski definition) is 4. The number of hydrogen-bond donors (Lipinski definition) is 1. The van der Waals surface area contributed by atoms with Gasteiger partial charge in [-0.3, -0.25) is 4.98 Å². The molecule has 0 radical (unpaired) electrons. The van der Waals surface area contributed by atoms with Crippen LogP contribution >= 0.6 is 0 Å². The van der Waals surface area contributed by atoms with Crippen molar-refractivity contribution in [1.82, 2.24) is 14.6 Å². The first-order chi connectivity index (χ1) is 11.5. The summed E-state index contributed by atoms with van der Waals surface area (Å²) in [4.78, 5) is 3.80. The van der Waals surface area contributed by atoms with E-state index in [-0.39, 0.29) is 16.3 Å². The number of fused-ring (bicyclic) bond motifs is 1. The zero-order valence-electron chi connectivity index (χ0n) is 14.3. The lowest BCUT2D eigenvalue weighted by Gasteiger charge is -2.26. The van der Waals surface area contributed by atoms with Crippen molar-refractivity contribution >= 4 is 20.8 Å². The molecule has 1 aromatic heterocycles. The predicted molar refractivity (Wildman–Crippen MR) is 93.9 cm³/mol. The van der Waals surface area contributed by atoms with Crippen molar-refractivity contribution < 1.29 is 12.8 Å². The molecule has 1 N–H and O–H groups in total. The van der Waals surface area contributed by atoms with Gasteiger partial charge in [-0.15, -0.1) is 0 Å². The van der Waals surface area contributed by atoms with Crippen LogP contribution in [0.4, 0.5) is 4.39 Å². The first-order valence-electron chi connectivity index (χ1n) is 8.26. The van der Waals surface area contributed by atoms with Crippen LogP contribution in [0.2, 0.25) is 0 Å². The van der Waals surface area contributed by atoms with Crippen LogP contribution in [0.5, 0.6) is 0 Å². The molecule has 2 heterocycles. The molecule has 2 aromatic rings. The lowest BCUT2D eigenvalue weighted by molar-refractivity contribution is 0.353. The Hall–Kier alpha value is -1.57. The molecule has 0 spiro atoms. The SMILES string of the molecule is CC.CC1CNCCCN1S(=O)(=O)c1cccc2cncc(F)c12. The summed E-state index contributed by atoms with van der Waals surface area (Å²) in [5.74, 6) is -0.614. The molecule has 1 aliphatic rings. The molecule has 1 aromatic carbocycles. The van der Waals surface area contributed by atoms with Crippen LogP contribution in [0.3, 0.4) is 0 Å². The summed E-state index contributed by atoms with van der Waals surface area (Å²) in [6.45, 7) is 7.66. The highest BCUT2D eigenvalue weighted by Gasteiger charge is 2.31. The topological polar surface area (TPSA) is 62.3 Å². The molecule has 1 unspecified atom stereocenters. The monoisotopic (exact) mass is 353 g/mol. The smallest absolute Gasteiger partial charge is 0.244 e. The fourth-order valence-electron chi connectivity index (χ4n) is 2.85. The van der Waals surface area contributed by atoms with Gasteiger partial charge in [0.1, 0.15) is 0 Å². The van der Waals surface area contributed by atoms with Crippen molar-refractivity contribution in [2.75, 3.05) is 19.6 Å². The van der Waals surface area contributed by atoms with Crippen LogP contribution < -0.4 is 5.32 Å². The summed E-state index contributed by atoms with van der Waals surface area (Å²) < 4.78 is 41.7. The minimum atomic E-state index is -3.76. The van der Waals surface area contributed by atoms with Gasteiger partial charge in [0, 0.05) is 36.1 Å². The van der Waals surface area contributed by atoms with Crippen LogP contribution in [0.1, 0.15) is 27.2 Å². The number of aromatic nitrogens is 1. The van der Waals surface area contributed by atoms with Gasteiger partial charge in [0.25, 0.3) is 0 Å². The normalized spacial score (nSPS) is 19.4. The van der Waals surface area contributed by atoms with E-state index in [0.717, 1.165) is 19.2 Å². The van der Waals surface area contributed by atoms with Crippen molar-refractivity contribution in [1.29, 1.82) is 0 Å². The van der Waals surface area contributed by atoms with Crippen LogP contribution in [-0.2, 0) is 10.0 Å². The highest BCUT2D eigenvalue weighted by Crippen LogP contribution is 2.28. The highest BCUT2D eigenvalue weighted by atomic mass is 32.2. The average molecular weight is 353 g/mol. The Morgan fingerprint density at radius 1 is 1.29 bits per heavy atom. The lowest BCUT2D eigenvalue weighted by Crippen LogP contribution is -2.41. The molecule has 0 amide bonds. The molecule has 1 saturated heterocycles. The van der Waals surface area contributed by atoms with Crippen molar-refractivity contribution in [2.45, 2.75) is 38.1 Å². The predicted octanol–water partition coefficient (Wildman–Crippen LogP) is 2.77. The maximum atomic E-state index is 14.2. The number of rotatable bonds is 2. The van der Waals surface area contributed by atoms with Gasteiger partial charge in [-0.25, -0.2) is 12.8 Å². The summed E-state index contributed by atoms with van der Waals surface area (Å²) in [7, 11) is -3.76. The minimum Gasteiger partial charge on any atom is -0.315 e. The molecule has 7 heteroatoms. The van der Waals surface area contributed by atoms with E-state index in [1.54, 1.807) is 12.1 Å². The van der Waals surface area contributed by atoms with E-state index < -0.39 is 15.8 Å². The molecule has 3 rings (SSSR count). The Labute approximate surface area is 142 Å². The number of nitrogens with zero attached hydrogens (tertiary/aromatic N) is 2. The molecule has 24 heavy (non-hydrogen) atoms. The second-order valence-corrected chi connectivity index (χ2v) is 7.36. The molecule has 0 saturated carbocycles. The van der Waals surface area contributed by atoms with Gasteiger partial charge in [-0.2, -0.15) is 4.31 Å². The second-order valence-electron chi connectivity index (χ2n) is 5.50. The minimum absolute atomic E-state index is 0.0126. The van der Waals surface area contributed by atoms with E-state index in [0.29, 0.717) is 18.5 Å². The Balaban J connectivity index is 0.00000100. The molecule has 1 aliphatic heterocycles. The Kier molecular flexibility index (Phi) is 6.26. The van der Waals surface area contributed by atoms with Gasteiger partial charge in [0.15, 0.2) is 5.82 Å². The van der Waals surface area contributed by atoms with Crippen LogP contribution in [0.15, 0.2) is 35.5 Å². The molecule has 0 aliphatic carbocycles. The molecule has 1 atom stereocenters. The summed E-state index contributed by atoms with van der Waals surface area (Å²) >= 11 is 0. The van der Waals surface area contributed by atoms with Crippen molar-refractivity contribution in [3.63, 3.8) is 0 Å². The van der Waals surface area contributed by atoms with E-state index in [9.17, 15) is 12.8 Å². The van der Waals surface area contributed by atoms with E-state index >= 15 is 0 Å². The number of benzene rings is 1. The quantitative estimate of drug-likeness (QED) is 0.902. The maximum absolute atomic E-state index is 14.2. The van der Waals surface area contributed by atoms with E-state index in [1.165, 1.54) is 16.6 Å². The van der Waals surface area contributed by atoms with Gasteiger partial charge < -0.3 is 5.32 Å². The summed E-state index contributed by atoms with van der Waals surface area (Å²) in [5, 5.41) is 3.81. The van der Waals surface area contributed by atoms with Gasteiger partial charge in [0.05, 0.1) is 11.1 Å². The van der Waals surface area contributed by atoms with Crippen LogP contribution in [0.25, 0.3) is 10.8 Å². The second kappa shape index (κ2) is 8.00. The molecular formula is C17H24FN3O2S. The Morgan fingerprint density at radius 3 is 2.79 bits per heavy atom. The molecule has 5 nitrogen and oxygen atoms in total. The van der Waals surface area contributed by atoms with E-state index in [4.69, 9.17) is 0 Å². The molecular weight excluding hydrogens is 329 g/mol. The molecule has 132 valence electrons. The first kappa shape index (κ1) is 18.8. The fourth-order valence-corrected chi connectivity index (χ4v) is 4.74.